The zero-order valence-electron chi connectivity index (χ0n) is 6.15. The number of alkyl halides is 1. The van der Waals surface area contributed by atoms with Crippen molar-refractivity contribution in [1.82, 2.24) is 5.43 Å². The van der Waals surface area contributed by atoms with Crippen LogP contribution in [-0.4, -0.2) is 17.5 Å². The topological polar surface area (TPSA) is 41.5 Å². The van der Waals surface area contributed by atoms with Crippen molar-refractivity contribution in [2.75, 3.05) is 5.88 Å². The number of halogens is 1. The van der Waals surface area contributed by atoms with E-state index in [0.29, 0.717) is 0 Å². The highest BCUT2D eigenvalue weighted by atomic mass is 35.5. The Kier molecular flexibility index (Phi) is 4.94. The molecule has 0 spiro atoms. The first-order valence-corrected chi connectivity index (χ1v) is 3.62. The van der Waals surface area contributed by atoms with Crippen molar-refractivity contribution in [3.05, 3.63) is 0 Å². The van der Waals surface area contributed by atoms with Crippen LogP contribution in [0.15, 0.2) is 5.10 Å². The Morgan fingerprint density at radius 3 is 2.70 bits per heavy atom. The van der Waals surface area contributed by atoms with E-state index >= 15 is 0 Å². The van der Waals surface area contributed by atoms with Crippen molar-refractivity contribution >= 4 is 23.2 Å². The van der Waals surface area contributed by atoms with Crippen molar-refractivity contribution in [1.29, 1.82) is 0 Å². The average molecular weight is 163 g/mol. The van der Waals surface area contributed by atoms with Crippen LogP contribution in [0, 0.1) is 0 Å². The van der Waals surface area contributed by atoms with Crippen LogP contribution in [-0.2, 0) is 4.79 Å². The summed E-state index contributed by atoms with van der Waals surface area (Å²) in [6, 6.07) is 0. The third-order valence-corrected chi connectivity index (χ3v) is 1.25. The number of hydrogen-bond donors (Lipinski definition) is 1. The van der Waals surface area contributed by atoms with E-state index in [1.54, 1.807) is 0 Å². The first kappa shape index (κ1) is 9.43. The molecule has 0 bridgehead atoms. The van der Waals surface area contributed by atoms with Gasteiger partial charge in [0.2, 0.25) is 0 Å². The number of nitrogens with one attached hydrogen (secondary N) is 1. The number of rotatable bonds is 3. The molecule has 0 unspecified atom stereocenters. The van der Waals surface area contributed by atoms with Gasteiger partial charge in [-0.25, -0.2) is 5.43 Å². The SMILES string of the molecule is CC/C(C)=N/NC(=O)CCl. The van der Waals surface area contributed by atoms with Gasteiger partial charge in [0.25, 0.3) is 5.91 Å². The van der Waals surface area contributed by atoms with Crippen LogP contribution in [0.5, 0.6) is 0 Å². The summed E-state index contributed by atoms with van der Waals surface area (Å²) in [6.45, 7) is 3.81. The maximum Gasteiger partial charge on any atom is 0.254 e. The molecular weight excluding hydrogens is 152 g/mol. The summed E-state index contributed by atoms with van der Waals surface area (Å²) in [6.07, 6.45) is 0.836. The summed E-state index contributed by atoms with van der Waals surface area (Å²) in [7, 11) is 0. The molecule has 0 atom stereocenters. The Hall–Kier alpha value is -0.570. The van der Waals surface area contributed by atoms with Crippen molar-refractivity contribution < 1.29 is 4.79 Å². The van der Waals surface area contributed by atoms with Crippen LogP contribution in [0.1, 0.15) is 20.3 Å². The van der Waals surface area contributed by atoms with E-state index in [1.807, 2.05) is 13.8 Å². The normalized spacial score (nSPS) is 11.3. The lowest BCUT2D eigenvalue weighted by atomic mass is 10.3. The molecule has 1 N–H and O–H groups in total. The second-order valence-electron chi connectivity index (χ2n) is 1.87. The van der Waals surface area contributed by atoms with E-state index in [1.165, 1.54) is 0 Å². The van der Waals surface area contributed by atoms with Gasteiger partial charge in [0, 0.05) is 5.71 Å². The minimum absolute atomic E-state index is 0.0412. The molecule has 0 heterocycles. The van der Waals surface area contributed by atoms with Crippen LogP contribution >= 0.6 is 11.6 Å². The van der Waals surface area contributed by atoms with Gasteiger partial charge in [-0.1, -0.05) is 6.92 Å². The molecule has 0 aliphatic heterocycles. The predicted octanol–water partition coefficient (Wildman–Crippen LogP) is 1.13. The van der Waals surface area contributed by atoms with Gasteiger partial charge in [0.1, 0.15) is 5.88 Å². The summed E-state index contributed by atoms with van der Waals surface area (Å²) < 4.78 is 0. The lowest BCUT2D eigenvalue weighted by molar-refractivity contribution is -0.118. The molecular formula is C6H11ClN2O. The Morgan fingerprint density at radius 1 is 1.70 bits per heavy atom. The molecule has 0 aromatic heterocycles. The van der Waals surface area contributed by atoms with Crippen molar-refractivity contribution in [3.63, 3.8) is 0 Å². The fraction of sp³-hybridized carbons (Fsp3) is 0.667. The molecule has 3 nitrogen and oxygen atoms in total. The quantitative estimate of drug-likeness (QED) is 0.377. The van der Waals surface area contributed by atoms with Gasteiger partial charge in [0.15, 0.2) is 0 Å². The maximum absolute atomic E-state index is 10.5. The predicted molar refractivity (Wildman–Crippen MR) is 42.3 cm³/mol. The molecule has 0 fully saturated rings. The second-order valence-corrected chi connectivity index (χ2v) is 2.14. The highest BCUT2D eigenvalue weighted by molar-refractivity contribution is 6.27. The molecule has 0 aromatic rings. The average Bonchev–Trinajstić information content (AvgIpc) is 1.99. The summed E-state index contributed by atoms with van der Waals surface area (Å²) in [4.78, 5) is 10.5. The van der Waals surface area contributed by atoms with Gasteiger partial charge in [-0.2, -0.15) is 5.10 Å². The van der Waals surface area contributed by atoms with Crippen LogP contribution in [0.25, 0.3) is 0 Å². The summed E-state index contributed by atoms with van der Waals surface area (Å²) in [5, 5.41) is 3.75. The lowest BCUT2D eigenvalue weighted by Gasteiger charge is -1.95. The Morgan fingerprint density at radius 2 is 2.30 bits per heavy atom. The molecule has 0 aromatic carbocycles. The van der Waals surface area contributed by atoms with Crippen LogP contribution in [0.4, 0.5) is 0 Å². The van der Waals surface area contributed by atoms with Crippen LogP contribution in [0.2, 0.25) is 0 Å². The van der Waals surface area contributed by atoms with Gasteiger partial charge >= 0.3 is 0 Å². The number of hydrazone groups is 1. The molecule has 0 saturated heterocycles. The second kappa shape index (κ2) is 5.23. The van der Waals surface area contributed by atoms with Gasteiger partial charge in [-0.3, -0.25) is 4.79 Å². The monoisotopic (exact) mass is 162 g/mol. The molecule has 10 heavy (non-hydrogen) atoms. The number of amides is 1. The maximum atomic E-state index is 10.5. The zero-order chi connectivity index (χ0) is 7.98. The van der Waals surface area contributed by atoms with E-state index in [0.717, 1.165) is 12.1 Å². The Labute approximate surface area is 65.4 Å². The Balaban J connectivity index is 3.61. The zero-order valence-corrected chi connectivity index (χ0v) is 6.90. The molecule has 0 aliphatic carbocycles. The lowest BCUT2D eigenvalue weighted by Crippen LogP contribution is -2.19. The van der Waals surface area contributed by atoms with E-state index in [2.05, 4.69) is 10.5 Å². The van der Waals surface area contributed by atoms with E-state index in [4.69, 9.17) is 11.6 Å². The van der Waals surface area contributed by atoms with E-state index in [-0.39, 0.29) is 11.8 Å². The summed E-state index contributed by atoms with van der Waals surface area (Å²) >= 11 is 5.20. The first-order chi connectivity index (χ1) is 4.70. The molecule has 58 valence electrons. The van der Waals surface area contributed by atoms with Gasteiger partial charge in [-0.15, -0.1) is 11.6 Å². The molecule has 0 aliphatic rings. The van der Waals surface area contributed by atoms with Gasteiger partial charge < -0.3 is 0 Å². The number of hydrogen-bond acceptors (Lipinski definition) is 2. The minimum Gasteiger partial charge on any atom is -0.272 e. The molecule has 1 amide bonds. The minimum atomic E-state index is -0.269. The summed E-state index contributed by atoms with van der Waals surface area (Å²) in [5.41, 5.74) is 3.19. The van der Waals surface area contributed by atoms with E-state index in [9.17, 15) is 4.79 Å². The van der Waals surface area contributed by atoms with Crippen molar-refractivity contribution in [2.24, 2.45) is 5.10 Å². The molecule has 0 saturated carbocycles. The number of carbonyl (C=O) groups is 1. The van der Waals surface area contributed by atoms with E-state index < -0.39 is 0 Å². The standard InChI is InChI=1S/C6H11ClN2O/c1-3-5(2)8-9-6(10)4-7/h3-4H2,1-2H3,(H,9,10)/b8-5+. The third kappa shape index (κ3) is 4.32. The fourth-order valence-corrected chi connectivity index (χ4v) is 0.326. The van der Waals surface area contributed by atoms with Crippen molar-refractivity contribution in [3.8, 4) is 0 Å². The molecule has 0 radical (unpaired) electrons. The number of carbonyl (C=O) groups excluding carboxylic acids is 1. The molecule has 0 rings (SSSR count). The van der Waals surface area contributed by atoms with Gasteiger partial charge in [0.05, 0.1) is 0 Å². The number of nitrogens with zero attached hydrogens (tertiary/aromatic N) is 1. The van der Waals surface area contributed by atoms with Crippen LogP contribution < -0.4 is 5.43 Å². The van der Waals surface area contributed by atoms with Gasteiger partial charge in [-0.05, 0) is 13.3 Å². The summed E-state index contributed by atoms with van der Waals surface area (Å²) in [5.74, 6) is -0.310. The van der Waals surface area contributed by atoms with Crippen molar-refractivity contribution in [2.45, 2.75) is 20.3 Å². The highest BCUT2D eigenvalue weighted by Gasteiger charge is 1.93. The third-order valence-electron chi connectivity index (χ3n) is 1.00. The molecule has 4 heteroatoms. The fourth-order valence-electron chi connectivity index (χ4n) is 0.267. The smallest absolute Gasteiger partial charge is 0.254 e. The van der Waals surface area contributed by atoms with Crippen LogP contribution in [0.3, 0.4) is 0 Å². The largest absolute Gasteiger partial charge is 0.272 e. The first-order valence-electron chi connectivity index (χ1n) is 3.08. The highest BCUT2D eigenvalue weighted by Crippen LogP contribution is 1.81. The Bertz CT molecular complexity index is 145.